The van der Waals surface area contributed by atoms with Gasteiger partial charge < -0.3 is 5.32 Å². The number of hydrogen-bond donors (Lipinski definition) is 1. The monoisotopic (exact) mass is 356 g/mol. The highest BCUT2D eigenvalue weighted by Crippen LogP contribution is 2.27. The molecule has 0 fully saturated rings. The molecule has 0 aliphatic carbocycles. The number of pyridine rings is 1. The molecule has 0 saturated carbocycles. The maximum Gasteiger partial charge on any atom is 0.166 e. The van der Waals surface area contributed by atoms with Gasteiger partial charge in [0.1, 0.15) is 0 Å². The lowest BCUT2D eigenvalue weighted by Crippen LogP contribution is -2.14. The summed E-state index contributed by atoms with van der Waals surface area (Å²) in [6.07, 6.45) is 1.58. The Morgan fingerprint density at radius 2 is 1.45 bits per heavy atom. The van der Waals surface area contributed by atoms with E-state index in [0.29, 0.717) is 4.47 Å². The maximum atomic E-state index is 14.1. The van der Waals surface area contributed by atoms with Gasteiger partial charge in [-0.15, -0.1) is 0 Å². The molecule has 2 aromatic carbocycles. The maximum absolute atomic E-state index is 14.1. The number of nitrogens with one attached hydrogen (secondary N) is 1. The number of aromatic nitrogens is 1. The van der Waals surface area contributed by atoms with Crippen molar-refractivity contribution in [1.82, 2.24) is 4.98 Å². The predicted molar refractivity (Wildman–Crippen MR) is 90.2 cm³/mol. The number of halogens is 2. The SMILES string of the molecule is Fc1cc(Br)cnc1NC(c1ccccc1)c1ccccc1. The Bertz CT molecular complexity index is 708. The molecule has 0 aliphatic heterocycles. The normalized spacial score (nSPS) is 10.7. The van der Waals surface area contributed by atoms with Gasteiger partial charge in [0.2, 0.25) is 0 Å². The van der Waals surface area contributed by atoms with E-state index in [1.165, 1.54) is 6.07 Å². The standard InChI is InChI=1S/C18H14BrFN2/c19-15-11-16(20)18(21-12-15)22-17(13-7-3-1-4-8-13)14-9-5-2-6-10-14/h1-12,17H,(H,21,22). The molecular weight excluding hydrogens is 343 g/mol. The van der Waals surface area contributed by atoms with Gasteiger partial charge in [0.25, 0.3) is 0 Å². The second kappa shape index (κ2) is 6.71. The van der Waals surface area contributed by atoms with Crippen LogP contribution in [0.3, 0.4) is 0 Å². The molecule has 1 N–H and O–H groups in total. The van der Waals surface area contributed by atoms with Gasteiger partial charge in [0.05, 0.1) is 6.04 Å². The van der Waals surface area contributed by atoms with Gasteiger partial charge >= 0.3 is 0 Å². The van der Waals surface area contributed by atoms with Crippen molar-refractivity contribution in [2.45, 2.75) is 6.04 Å². The smallest absolute Gasteiger partial charge is 0.166 e. The predicted octanol–water partition coefficient (Wildman–Crippen LogP) is 5.18. The van der Waals surface area contributed by atoms with Crippen LogP contribution in [-0.4, -0.2) is 4.98 Å². The Kier molecular flexibility index (Phi) is 4.49. The molecule has 110 valence electrons. The van der Waals surface area contributed by atoms with Crippen molar-refractivity contribution in [3.8, 4) is 0 Å². The highest BCUT2D eigenvalue weighted by atomic mass is 79.9. The van der Waals surface area contributed by atoms with Gasteiger partial charge in [-0.1, -0.05) is 60.7 Å². The van der Waals surface area contributed by atoms with Gasteiger partial charge in [-0.3, -0.25) is 0 Å². The number of nitrogens with zero attached hydrogens (tertiary/aromatic N) is 1. The highest BCUT2D eigenvalue weighted by molar-refractivity contribution is 9.10. The summed E-state index contributed by atoms with van der Waals surface area (Å²) >= 11 is 3.22. The zero-order chi connectivity index (χ0) is 15.4. The molecule has 4 heteroatoms. The van der Waals surface area contributed by atoms with E-state index in [4.69, 9.17) is 0 Å². The topological polar surface area (TPSA) is 24.9 Å². The summed E-state index contributed by atoms with van der Waals surface area (Å²) in [4.78, 5) is 4.14. The molecule has 0 saturated heterocycles. The molecule has 0 amide bonds. The molecule has 0 radical (unpaired) electrons. The van der Waals surface area contributed by atoms with Crippen LogP contribution in [0.5, 0.6) is 0 Å². The zero-order valence-corrected chi connectivity index (χ0v) is 13.3. The average Bonchev–Trinajstić information content (AvgIpc) is 2.56. The molecule has 3 rings (SSSR count). The van der Waals surface area contributed by atoms with Crippen molar-refractivity contribution in [2.75, 3.05) is 5.32 Å². The van der Waals surface area contributed by atoms with Crippen molar-refractivity contribution in [3.63, 3.8) is 0 Å². The summed E-state index contributed by atoms with van der Waals surface area (Å²) in [5.41, 5.74) is 2.11. The van der Waals surface area contributed by atoms with Crippen molar-refractivity contribution in [1.29, 1.82) is 0 Å². The lowest BCUT2D eigenvalue weighted by Gasteiger charge is -2.20. The van der Waals surface area contributed by atoms with Crippen LogP contribution < -0.4 is 5.32 Å². The van der Waals surface area contributed by atoms with Gasteiger partial charge in [-0.25, -0.2) is 9.37 Å². The van der Waals surface area contributed by atoms with Crippen LogP contribution in [0.1, 0.15) is 17.2 Å². The summed E-state index contributed by atoms with van der Waals surface area (Å²) in [5, 5.41) is 3.20. The molecular formula is C18H14BrFN2. The molecule has 1 aromatic heterocycles. The van der Waals surface area contributed by atoms with Crippen LogP contribution in [0.4, 0.5) is 10.2 Å². The van der Waals surface area contributed by atoms with E-state index in [2.05, 4.69) is 26.2 Å². The summed E-state index contributed by atoms with van der Waals surface area (Å²) in [5.74, 6) is -0.146. The first-order valence-corrected chi connectivity index (χ1v) is 7.71. The minimum absolute atomic E-state index is 0.162. The molecule has 0 atom stereocenters. The quantitative estimate of drug-likeness (QED) is 0.696. The van der Waals surface area contributed by atoms with Crippen molar-refractivity contribution >= 4 is 21.7 Å². The van der Waals surface area contributed by atoms with Crippen molar-refractivity contribution in [2.24, 2.45) is 0 Å². The first-order chi connectivity index (χ1) is 10.7. The van der Waals surface area contributed by atoms with Crippen LogP contribution in [0.25, 0.3) is 0 Å². The van der Waals surface area contributed by atoms with Gasteiger partial charge in [0, 0.05) is 10.7 Å². The van der Waals surface area contributed by atoms with E-state index in [1.807, 2.05) is 60.7 Å². The highest BCUT2D eigenvalue weighted by Gasteiger charge is 2.16. The molecule has 0 spiro atoms. The van der Waals surface area contributed by atoms with Crippen LogP contribution in [0, 0.1) is 5.82 Å². The average molecular weight is 357 g/mol. The Morgan fingerprint density at radius 1 is 0.909 bits per heavy atom. The minimum Gasteiger partial charge on any atom is -0.357 e. The molecule has 2 nitrogen and oxygen atoms in total. The van der Waals surface area contributed by atoms with E-state index in [-0.39, 0.29) is 17.7 Å². The zero-order valence-electron chi connectivity index (χ0n) is 11.7. The third-order valence-electron chi connectivity index (χ3n) is 3.35. The van der Waals surface area contributed by atoms with E-state index < -0.39 is 0 Å². The van der Waals surface area contributed by atoms with Gasteiger partial charge in [0.15, 0.2) is 11.6 Å². The van der Waals surface area contributed by atoms with E-state index in [9.17, 15) is 4.39 Å². The fourth-order valence-electron chi connectivity index (χ4n) is 2.31. The molecule has 0 bridgehead atoms. The minimum atomic E-state index is -0.383. The number of anilines is 1. The lowest BCUT2D eigenvalue weighted by molar-refractivity contribution is 0.621. The van der Waals surface area contributed by atoms with Crippen LogP contribution in [-0.2, 0) is 0 Å². The van der Waals surface area contributed by atoms with E-state index in [1.54, 1.807) is 6.20 Å². The largest absolute Gasteiger partial charge is 0.357 e. The third-order valence-corrected chi connectivity index (χ3v) is 3.79. The molecule has 0 unspecified atom stereocenters. The Balaban J connectivity index is 1.99. The van der Waals surface area contributed by atoms with E-state index in [0.717, 1.165) is 11.1 Å². The van der Waals surface area contributed by atoms with Crippen molar-refractivity contribution < 1.29 is 4.39 Å². The fraction of sp³-hybridized carbons (Fsp3) is 0.0556. The second-order valence-corrected chi connectivity index (χ2v) is 5.80. The lowest BCUT2D eigenvalue weighted by atomic mass is 9.99. The summed E-state index contributed by atoms with van der Waals surface area (Å²) in [6, 6.07) is 21.1. The van der Waals surface area contributed by atoms with Crippen LogP contribution in [0.15, 0.2) is 77.4 Å². The summed E-state index contributed by atoms with van der Waals surface area (Å²) in [6.45, 7) is 0. The van der Waals surface area contributed by atoms with Crippen LogP contribution >= 0.6 is 15.9 Å². The Labute approximate surface area is 137 Å². The summed E-state index contributed by atoms with van der Waals surface area (Å²) in [7, 11) is 0. The van der Waals surface area contributed by atoms with Crippen molar-refractivity contribution in [3.05, 3.63) is 94.3 Å². The first-order valence-electron chi connectivity index (χ1n) is 6.91. The Morgan fingerprint density at radius 3 is 1.95 bits per heavy atom. The number of benzene rings is 2. The van der Waals surface area contributed by atoms with Crippen LogP contribution in [0.2, 0.25) is 0 Å². The third kappa shape index (κ3) is 3.34. The number of rotatable bonds is 4. The summed E-state index contributed by atoms with van der Waals surface area (Å²) < 4.78 is 14.7. The van der Waals surface area contributed by atoms with Gasteiger partial charge in [-0.05, 0) is 33.1 Å². The van der Waals surface area contributed by atoms with Gasteiger partial charge in [-0.2, -0.15) is 0 Å². The second-order valence-electron chi connectivity index (χ2n) is 4.88. The first kappa shape index (κ1) is 14.7. The molecule has 0 aliphatic rings. The Hall–Kier alpha value is -2.20. The fourth-order valence-corrected chi connectivity index (χ4v) is 2.61. The molecule has 22 heavy (non-hydrogen) atoms. The molecule has 1 heterocycles. The molecule has 3 aromatic rings. The van der Waals surface area contributed by atoms with E-state index >= 15 is 0 Å². The number of hydrogen-bond acceptors (Lipinski definition) is 2.